The van der Waals surface area contributed by atoms with E-state index in [0.717, 1.165) is 16.7 Å². The van der Waals surface area contributed by atoms with Crippen LogP contribution in [0.15, 0.2) is 42.6 Å². The standard InChI is InChI=1S/C16H11ClN4O/c1-9-6-14-18-8-10-7-12(11-4-2-3-5-13(11)22)15(17)19-16(10)21(14)20-9/h2-8,22H,1H3. The molecule has 0 saturated heterocycles. The van der Waals surface area contributed by atoms with Gasteiger partial charge in [0.2, 0.25) is 0 Å². The fourth-order valence-electron chi connectivity index (χ4n) is 2.52. The maximum Gasteiger partial charge on any atom is 0.166 e. The van der Waals surface area contributed by atoms with Gasteiger partial charge in [0.05, 0.1) is 5.69 Å². The molecular formula is C16H11ClN4O. The number of fused-ring (bicyclic) bond motifs is 3. The van der Waals surface area contributed by atoms with Gasteiger partial charge < -0.3 is 5.11 Å². The summed E-state index contributed by atoms with van der Waals surface area (Å²) in [6.45, 7) is 1.90. The van der Waals surface area contributed by atoms with Gasteiger partial charge in [-0.25, -0.2) is 9.97 Å². The van der Waals surface area contributed by atoms with E-state index >= 15 is 0 Å². The van der Waals surface area contributed by atoms with Crippen LogP contribution in [-0.4, -0.2) is 24.7 Å². The zero-order valence-electron chi connectivity index (χ0n) is 11.7. The zero-order chi connectivity index (χ0) is 15.3. The van der Waals surface area contributed by atoms with Crippen molar-refractivity contribution in [1.82, 2.24) is 19.6 Å². The van der Waals surface area contributed by atoms with E-state index in [-0.39, 0.29) is 5.75 Å². The molecule has 0 atom stereocenters. The minimum Gasteiger partial charge on any atom is -0.507 e. The van der Waals surface area contributed by atoms with E-state index < -0.39 is 0 Å². The van der Waals surface area contributed by atoms with Crippen LogP contribution in [-0.2, 0) is 0 Å². The number of benzene rings is 1. The number of rotatable bonds is 1. The third-order valence-corrected chi connectivity index (χ3v) is 3.82. The molecule has 0 bridgehead atoms. The van der Waals surface area contributed by atoms with E-state index in [1.807, 2.05) is 25.1 Å². The van der Waals surface area contributed by atoms with Crippen molar-refractivity contribution in [2.75, 3.05) is 0 Å². The summed E-state index contributed by atoms with van der Waals surface area (Å²) in [5, 5.41) is 15.5. The highest BCUT2D eigenvalue weighted by Crippen LogP contribution is 2.34. The first kappa shape index (κ1) is 13.0. The Bertz CT molecular complexity index is 1030. The van der Waals surface area contributed by atoms with Crippen molar-refractivity contribution in [1.29, 1.82) is 0 Å². The van der Waals surface area contributed by atoms with Crippen molar-refractivity contribution in [3.8, 4) is 16.9 Å². The predicted octanol–water partition coefficient (Wildman–Crippen LogP) is 3.61. The van der Waals surface area contributed by atoms with Gasteiger partial charge in [0.1, 0.15) is 10.9 Å². The Hall–Kier alpha value is -2.66. The molecule has 0 aliphatic rings. The van der Waals surface area contributed by atoms with Crippen molar-refractivity contribution < 1.29 is 5.11 Å². The lowest BCUT2D eigenvalue weighted by atomic mass is 10.1. The van der Waals surface area contributed by atoms with Crippen LogP contribution in [0.5, 0.6) is 5.75 Å². The van der Waals surface area contributed by atoms with Gasteiger partial charge in [-0.3, -0.25) is 0 Å². The van der Waals surface area contributed by atoms with Crippen LogP contribution in [0.4, 0.5) is 0 Å². The zero-order valence-corrected chi connectivity index (χ0v) is 12.4. The summed E-state index contributed by atoms with van der Waals surface area (Å²) in [6.07, 6.45) is 1.73. The van der Waals surface area contributed by atoms with Crippen LogP contribution >= 0.6 is 11.6 Å². The molecule has 3 aromatic heterocycles. The second-order valence-electron chi connectivity index (χ2n) is 5.07. The highest BCUT2D eigenvalue weighted by atomic mass is 35.5. The number of phenols is 1. The summed E-state index contributed by atoms with van der Waals surface area (Å²) in [4.78, 5) is 8.82. The van der Waals surface area contributed by atoms with Crippen molar-refractivity contribution in [3.05, 3.63) is 53.4 Å². The molecular weight excluding hydrogens is 300 g/mol. The number of hydrogen-bond donors (Lipinski definition) is 1. The average Bonchev–Trinajstić information content (AvgIpc) is 2.88. The first-order chi connectivity index (χ1) is 10.6. The van der Waals surface area contributed by atoms with Crippen molar-refractivity contribution in [2.24, 2.45) is 0 Å². The molecule has 0 radical (unpaired) electrons. The summed E-state index contributed by atoms with van der Waals surface area (Å²) in [5.74, 6) is 0.162. The number of aromatic nitrogens is 4. The minimum absolute atomic E-state index is 0.162. The second-order valence-corrected chi connectivity index (χ2v) is 5.43. The highest BCUT2D eigenvalue weighted by molar-refractivity contribution is 6.32. The Morgan fingerprint density at radius 1 is 1.14 bits per heavy atom. The van der Waals surface area contributed by atoms with Gasteiger partial charge in [-0.15, -0.1) is 0 Å². The number of phenolic OH excluding ortho intramolecular Hbond substituents is 1. The molecule has 0 amide bonds. The van der Waals surface area contributed by atoms with E-state index in [4.69, 9.17) is 11.6 Å². The topological polar surface area (TPSA) is 63.3 Å². The number of aryl methyl sites for hydroxylation is 1. The second kappa shape index (κ2) is 4.68. The summed E-state index contributed by atoms with van der Waals surface area (Å²) in [6, 6.07) is 10.8. The van der Waals surface area contributed by atoms with Gasteiger partial charge in [0.15, 0.2) is 11.3 Å². The van der Waals surface area contributed by atoms with Gasteiger partial charge in [0, 0.05) is 28.8 Å². The van der Waals surface area contributed by atoms with Crippen LogP contribution < -0.4 is 0 Å². The van der Waals surface area contributed by atoms with Crippen LogP contribution in [0.25, 0.3) is 27.8 Å². The normalized spacial score (nSPS) is 11.4. The Labute approximate surface area is 130 Å². The first-order valence-electron chi connectivity index (χ1n) is 6.73. The molecule has 1 N–H and O–H groups in total. The molecule has 4 aromatic rings. The van der Waals surface area contributed by atoms with Gasteiger partial charge in [0.25, 0.3) is 0 Å². The molecule has 0 aliphatic heterocycles. The highest BCUT2D eigenvalue weighted by Gasteiger charge is 2.13. The van der Waals surface area contributed by atoms with Crippen molar-refractivity contribution >= 4 is 28.3 Å². The van der Waals surface area contributed by atoms with Crippen LogP contribution in [0.2, 0.25) is 5.15 Å². The van der Waals surface area contributed by atoms with E-state index in [2.05, 4.69) is 15.1 Å². The van der Waals surface area contributed by atoms with E-state index in [0.29, 0.717) is 21.9 Å². The molecule has 1 aromatic carbocycles. The number of pyridine rings is 1. The van der Waals surface area contributed by atoms with Crippen molar-refractivity contribution in [2.45, 2.75) is 6.92 Å². The summed E-state index contributed by atoms with van der Waals surface area (Å²) in [7, 11) is 0. The van der Waals surface area contributed by atoms with Gasteiger partial charge in [-0.1, -0.05) is 29.8 Å². The molecule has 3 heterocycles. The van der Waals surface area contributed by atoms with Gasteiger partial charge in [-0.05, 0) is 19.1 Å². The molecule has 0 spiro atoms. The maximum absolute atomic E-state index is 10.0. The third kappa shape index (κ3) is 1.90. The Balaban J connectivity index is 2.05. The number of halogens is 1. The number of hydrogen-bond acceptors (Lipinski definition) is 4. The van der Waals surface area contributed by atoms with Crippen LogP contribution in [0.1, 0.15) is 5.69 Å². The third-order valence-electron chi connectivity index (χ3n) is 3.53. The van der Waals surface area contributed by atoms with E-state index in [1.165, 1.54) is 0 Å². The lowest BCUT2D eigenvalue weighted by Crippen LogP contribution is -1.97. The molecule has 0 unspecified atom stereocenters. The first-order valence-corrected chi connectivity index (χ1v) is 7.11. The van der Waals surface area contributed by atoms with Crippen LogP contribution in [0.3, 0.4) is 0 Å². The lowest BCUT2D eigenvalue weighted by molar-refractivity contribution is 0.477. The summed E-state index contributed by atoms with van der Waals surface area (Å²) < 4.78 is 1.67. The van der Waals surface area contributed by atoms with Gasteiger partial charge >= 0.3 is 0 Å². The number of aromatic hydroxyl groups is 1. The fourth-order valence-corrected chi connectivity index (χ4v) is 2.76. The maximum atomic E-state index is 10.0. The molecule has 22 heavy (non-hydrogen) atoms. The fraction of sp³-hybridized carbons (Fsp3) is 0.0625. The summed E-state index contributed by atoms with van der Waals surface area (Å²) >= 11 is 6.33. The molecule has 6 heteroatoms. The largest absolute Gasteiger partial charge is 0.507 e. The smallest absolute Gasteiger partial charge is 0.166 e. The van der Waals surface area contributed by atoms with Crippen LogP contribution in [0, 0.1) is 6.92 Å². The van der Waals surface area contributed by atoms with Crippen molar-refractivity contribution in [3.63, 3.8) is 0 Å². The number of nitrogens with zero attached hydrogens (tertiary/aromatic N) is 4. The molecule has 0 saturated carbocycles. The SMILES string of the molecule is Cc1cc2ncc3cc(-c4ccccc4O)c(Cl)nc3n2n1. The molecule has 5 nitrogen and oxygen atoms in total. The Morgan fingerprint density at radius 2 is 1.95 bits per heavy atom. The number of para-hydroxylation sites is 1. The van der Waals surface area contributed by atoms with E-state index in [9.17, 15) is 5.11 Å². The predicted molar refractivity (Wildman–Crippen MR) is 85.1 cm³/mol. The molecule has 0 aliphatic carbocycles. The Morgan fingerprint density at radius 3 is 2.77 bits per heavy atom. The molecule has 4 rings (SSSR count). The monoisotopic (exact) mass is 310 g/mol. The lowest BCUT2D eigenvalue weighted by Gasteiger charge is -2.08. The van der Waals surface area contributed by atoms with E-state index in [1.54, 1.807) is 28.9 Å². The average molecular weight is 311 g/mol. The quantitative estimate of drug-likeness (QED) is 0.545. The Kier molecular flexibility index (Phi) is 2.77. The molecule has 0 fully saturated rings. The van der Waals surface area contributed by atoms with Gasteiger partial charge in [-0.2, -0.15) is 9.61 Å². The molecule has 108 valence electrons. The summed E-state index contributed by atoms with van der Waals surface area (Å²) in [5.41, 5.74) is 3.53. The minimum atomic E-state index is 0.162.